The summed E-state index contributed by atoms with van der Waals surface area (Å²) >= 11 is 0. The average Bonchev–Trinajstić information content (AvgIpc) is 2.98. The van der Waals surface area contributed by atoms with E-state index in [-0.39, 0.29) is 0 Å². The second-order valence-electron chi connectivity index (χ2n) is 5.37. The Labute approximate surface area is 125 Å². The first-order valence-corrected chi connectivity index (χ1v) is 7.34. The van der Waals surface area contributed by atoms with Crippen LogP contribution in [0.3, 0.4) is 0 Å². The number of hydrogen-bond acceptors (Lipinski definition) is 2. The molecular weight excluding hydrogens is 260 g/mol. The number of allylic oxidation sites excluding steroid dienone is 1. The van der Waals surface area contributed by atoms with Crippen LogP contribution in [-0.4, -0.2) is 18.3 Å². The van der Waals surface area contributed by atoms with E-state index in [9.17, 15) is 5.11 Å². The average molecular weight is 280 g/mol. The first-order valence-electron chi connectivity index (χ1n) is 7.34. The molecule has 0 aromatic heterocycles. The van der Waals surface area contributed by atoms with Gasteiger partial charge in [0, 0.05) is 7.11 Å². The quantitative estimate of drug-likeness (QED) is 0.866. The van der Waals surface area contributed by atoms with Gasteiger partial charge in [0.05, 0.1) is 6.10 Å². The monoisotopic (exact) mass is 280 g/mol. The second kappa shape index (κ2) is 5.84. The summed E-state index contributed by atoms with van der Waals surface area (Å²) in [5.41, 5.74) is 2.33. The lowest BCUT2D eigenvalue weighted by Crippen LogP contribution is -2.36. The lowest BCUT2D eigenvalue weighted by molar-refractivity contribution is 0.0335. The number of ether oxygens (including phenoxy) is 1. The van der Waals surface area contributed by atoms with Gasteiger partial charge in [0.1, 0.15) is 5.60 Å². The van der Waals surface area contributed by atoms with Gasteiger partial charge in [0.15, 0.2) is 0 Å². The van der Waals surface area contributed by atoms with Crippen molar-refractivity contribution in [2.75, 3.05) is 7.11 Å². The van der Waals surface area contributed by atoms with Gasteiger partial charge in [-0.25, -0.2) is 0 Å². The number of methoxy groups -OCH3 is 1. The fraction of sp³-hybridized carbons (Fsp3) is 0.263. The van der Waals surface area contributed by atoms with E-state index in [4.69, 9.17) is 4.74 Å². The van der Waals surface area contributed by atoms with Gasteiger partial charge in [-0.15, -0.1) is 0 Å². The molecule has 1 aliphatic rings. The van der Waals surface area contributed by atoms with Gasteiger partial charge in [0.25, 0.3) is 0 Å². The number of aliphatic hydroxyl groups excluding tert-OH is 1. The Hall–Kier alpha value is -1.90. The van der Waals surface area contributed by atoms with Crippen LogP contribution in [0, 0.1) is 0 Å². The number of rotatable bonds is 4. The standard InChI is InChI=1S/C19H20O2/c1-21-19(15-9-4-2-5-10-15,16-11-6-3-7-12-16)17-13-8-14-18(17)20/h2-7,9-13,18,20H,8,14H2,1H3/t18-/m1/s1. The number of hydrogen-bond donors (Lipinski definition) is 1. The van der Waals surface area contributed by atoms with Gasteiger partial charge in [-0.1, -0.05) is 66.7 Å². The van der Waals surface area contributed by atoms with E-state index in [1.807, 2.05) is 36.4 Å². The van der Waals surface area contributed by atoms with Crippen LogP contribution in [0.1, 0.15) is 24.0 Å². The summed E-state index contributed by atoms with van der Waals surface area (Å²) in [6.07, 6.45) is 3.32. The van der Waals surface area contributed by atoms with Crippen LogP contribution in [0.15, 0.2) is 72.3 Å². The third-order valence-corrected chi connectivity index (χ3v) is 4.24. The molecule has 1 aliphatic carbocycles. The summed E-state index contributed by atoms with van der Waals surface area (Å²) in [5.74, 6) is 0. The van der Waals surface area contributed by atoms with Crippen LogP contribution in [0.2, 0.25) is 0 Å². The second-order valence-corrected chi connectivity index (χ2v) is 5.37. The molecule has 0 saturated heterocycles. The van der Waals surface area contributed by atoms with Crippen molar-refractivity contribution in [2.24, 2.45) is 0 Å². The molecule has 108 valence electrons. The van der Waals surface area contributed by atoms with Crippen LogP contribution >= 0.6 is 0 Å². The number of benzene rings is 2. The van der Waals surface area contributed by atoms with E-state index in [0.29, 0.717) is 0 Å². The molecule has 0 spiro atoms. The van der Waals surface area contributed by atoms with Crippen LogP contribution in [-0.2, 0) is 10.3 Å². The summed E-state index contributed by atoms with van der Waals surface area (Å²) in [4.78, 5) is 0. The maximum atomic E-state index is 10.4. The Kier molecular flexibility index (Phi) is 3.91. The Balaban J connectivity index is 2.23. The maximum absolute atomic E-state index is 10.4. The zero-order valence-electron chi connectivity index (χ0n) is 12.2. The summed E-state index contributed by atoms with van der Waals surface area (Å²) in [7, 11) is 1.71. The summed E-state index contributed by atoms with van der Waals surface area (Å²) in [6, 6.07) is 20.3. The van der Waals surface area contributed by atoms with E-state index >= 15 is 0 Å². The lowest BCUT2D eigenvalue weighted by Gasteiger charge is -2.36. The first-order chi connectivity index (χ1) is 10.3. The van der Waals surface area contributed by atoms with Crippen molar-refractivity contribution in [2.45, 2.75) is 24.5 Å². The minimum absolute atomic E-state index is 0.453. The molecule has 0 unspecified atom stereocenters. The molecule has 3 rings (SSSR count). The predicted molar refractivity (Wildman–Crippen MR) is 84.0 cm³/mol. The van der Waals surface area contributed by atoms with Crippen molar-refractivity contribution in [3.8, 4) is 0 Å². The fourth-order valence-corrected chi connectivity index (χ4v) is 3.27. The van der Waals surface area contributed by atoms with E-state index < -0.39 is 11.7 Å². The molecule has 0 radical (unpaired) electrons. The largest absolute Gasteiger partial charge is 0.389 e. The van der Waals surface area contributed by atoms with Crippen molar-refractivity contribution in [1.29, 1.82) is 0 Å². The summed E-state index contributed by atoms with van der Waals surface area (Å²) in [5, 5.41) is 10.4. The molecule has 1 N–H and O–H groups in total. The molecule has 0 amide bonds. The van der Waals surface area contributed by atoms with Gasteiger partial charge in [-0.3, -0.25) is 0 Å². The molecule has 0 heterocycles. The van der Waals surface area contributed by atoms with Crippen LogP contribution in [0.4, 0.5) is 0 Å². The molecule has 21 heavy (non-hydrogen) atoms. The lowest BCUT2D eigenvalue weighted by atomic mass is 9.78. The summed E-state index contributed by atoms with van der Waals surface area (Å²) in [6.45, 7) is 0. The topological polar surface area (TPSA) is 29.5 Å². The van der Waals surface area contributed by atoms with Crippen LogP contribution in [0.25, 0.3) is 0 Å². The maximum Gasteiger partial charge on any atom is 0.141 e. The normalized spacial score (nSPS) is 18.6. The molecule has 0 bridgehead atoms. The minimum Gasteiger partial charge on any atom is -0.389 e. The molecular formula is C19H20O2. The van der Waals surface area contributed by atoms with Crippen molar-refractivity contribution in [3.05, 3.63) is 83.4 Å². The highest BCUT2D eigenvalue weighted by Gasteiger charge is 2.42. The third kappa shape index (κ3) is 2.31. The molecule has 1 atom stereocenters. The van der Waals surface area contributed by atoms with Crippen molar-refractivity contribution in [1.82, 2.24) is 0 Å². The summed E-state index contributed by atoms with van der Waals surface area (Å²) < 4.78 is 6.04. The first kappa shape index (κ1) is 14.1. The Morgan fingerprint density at radius 3 is 1.86 bits per heavy atom. The molecule has 0 saturated carbocycles. The molecule has 0 aliphatic heterocycles. The van der Waals surface area contributed by atoms with Gasteiger partial charge in [-0.05, 0) is 29.5 Å². The molecule has 2 heteroatoms. The fourth-order valence-electron chi connectivity index (χ4n) is 3.27. The molecule has 2 aromatic rings. The SMILES string of the molecule is COC(C1=CCC[C@H]1O)(c1ccccc1)c1ccccc1. The highest BCUT2D eigenvalue weighted by atomic mass is 16.5. The Morgan fingerprint density at radius 2 is 1.48 bits per heavy atom. The zero-order valence-corrected chi connectivity index (χ0v) is 12.2. The zero-order chi connectivity index (χ0) is 14.7. The van der Waals surface area contributed by atoms with Crippen LogP contribution in [0.5, 0.6) is 0 Å². The van der Waals surface area contributed by atoms with E-state index in [0.717, 1.165) is 29.5 Å². The Morgan fingerprint density at radius 1 is 0.952 bits per heavy atom. The number of aliphatic hydroxyl groups is 1. The van der Waals surface area contributed by atoms with Crippen molar-refractivity contribution in [3.63, 3.8) is 0 Å². The van der Waals surface area contributed by atoms with Gasteiger partial charge in [-0.2, -0.15) is 0 Å². The van der Waals surface area contributed by atoms with E-state index in [2.05, 4.69) is 30.3 Å². The van der Waals surface area contributed by atoms with Crippen molar-refractivity contribution < 1.29 is 9.84 Å². The van der Waals surface area contributed by atoms with Crippen molar-refractivity contribution >= 4 is 0 Å². The van der Waals surface area contributed by atoms with Crippen LogP contribution < -0.4 is 0 Å². The molecule has 0 fully saturated rings. The van der Waals surface area contributed by atoms with E-state index in [1.165, 1.54) is 0 Å². The highest BCUT2D eigenvalue weighted by Crippen LogP contribution is 2.44. The molecule has 2 nitrogen and oxygen atoms in total. The molecule has 2 aromatic carbocycles. The third-order valence-electron chi connectivity index (χ3n) is 4.24. The highest BCUT2D eigenvalue weighted by molar-refractivity contribution is 5.47. The Bertz CT molecular complexity index is 577. The van der Waals surface area contributed by atoms with Gasteiger partial charge >= 0.3 is 0 Å². The van der Waals surface area contributed by atoms with Gasteiger partial charge < -0.3 is 9.84 Å². The minimum atomic E-state index is -0.710. The van der Waals surface area contributed by atoms with Gasteiger partial charge in [0.2, 0.25) is 0 Å². The van der Waals surface area contributed by atoms with E-state index in [1.54, 1.807) is 7.11 Å². The smallest absolute Gasteiger partial charge is 0.141 e. The predicted octanol–water partition coefficient (Wildman–Crippen LogP) is 3.66.